The summed E-state index contributed by atoms with van der Waals surface area (Å²) in [4.78, 5) is 16.5. The number of amides is 1. The van der Waals surface area contributed by atoms with Gasteiger partial charge in [-0.3, -0.25) is 4.79 Å². The Morgan fingerprint density at radius 1 is 1.07 bits per heavy atom. The van der Waals surface area contributed by atoms with Crippen molar-refractivity contribution in [2.75, 3.05) is 12.4 Å². The van der Waals surface area contributed by atoms with Crippen LogP contribution in [-0.4, -0.2) is 29.3 Å². The highest BCUT2D eigenvalue weighted by atomic mass is 16.5. The van der Waals surface area contributed by atoms with Gasteiger partial charge in [-0.05, 0) is 62.4 Å². The quantitative estimate of drug-likeness (QED) is 0.632. The molecule has 1 heterocycles. The molecule has 0 unspecified atom stereocenters. The van der Waals surface area contributed by atoms with E-state index in [1.165, 1.54) is 0 Å². The van der Waals surface area contributed by atoms with E-state index in [1.54, 1.807) is 7.11 Å². The molecule has 0 aliphatic carbocycles. The van der Waals surface area contributed by atoms with E-state index in [4.69, 9.17) is 14.0 Å². The van der Waals surface area contributed by atoms with E-state index < -0.39 is 0 Å². The number of benzene rings is 2. The normalized spacial score (nSPS) is 10.7. The second-order valence-corrected chi connectivity index (χ2v) is 6.48. The fourth-order valence-electron chi connectivity index (χ4n) is 2.55. The van der Waals surface area contributed by atoms with E-state index in [2.05, 4.69) is 15.5 Å². The summed E-state index contributed by atoms with van der Waals surface area (Å²) in [5, 5.41) is 6.81. The molecule has 0 aliphatic heterocycles. The fourth-order valence-corrected chi connectivity index (χ4v) is 2.55. The van der Waals surface area contributed by atoms with Crippen molar-refractivity contribution < 1.29 is 18.8 Å². The van der Waals surface area contributed by atoms with Crippen molar-refractivity contribution in [1.82, 2.24) is 10.1 Å². The minimum atomic E-state index is -0.123. The molecule has 7 heteroatoms. The van der Waals surface area contributed by atoms with Gasteiger partial charge in [0, 0.05) is 24.1 Å². The Kier molecular flexibility index (Phi) is 6.26. The van der Waals surface area contributed by atoms with Gasteiger partial charge >= 0.3 is 0 Å². The van der Waals surface area contributed by atoms with Crippen LogP contribution in [0.1, 0.15) is 26.2 Å². The predicted molar refractivity (Wildman–Crippen MR) is 105 cm³/mol. The molecule has 0 radical (unpaired) electrons. The van der Waals surface area contributed by atoms with Gasteiger partial charge in [-0.1, -0.05) is 5.16 Å². The van der Waals surface area contributed by atoms with Crippen molar-refractivity contribution >= 4 is 11.6 Å². The molecule has 7 nitrogen and oxygen atoms in total. The number of aromatic nitrogens is 2. The molecular weight excluding hydrogens is 358 g/mol. The molecule has 146 valence electrons. The average Bonchev–Trinajstić information content (AvgIpc) is 3.17. The molecule has 2 aromatic carbocycles. The number of rotatable bonds is 8. The molecule has 0 spiro atoms. The Balaban J connectivity index is 1.51. The first kappa shape index (κ1) is 19.4. The van der Waals surface area contributed by atoms with E-state index >= 15 is 0 Å². The number of aryl methyl sites for hydroxylation is 1. The van der Waals surface area contributed by atoms with E-state index in [9.17, 15) is 4.79 Å². The molecule has 3 aromatic rings. The number of carbonyl (C=O) groups excluding carboxylic acids is 1. The van der Waals surface area contributed by atoms with Crippen LogP contribution in [0.5, 0.6) is 11.5 Å². The summed E-state index contributed by atoms with van der Waals surface area (Å²) in [5.41, 5.74) is 1.54. The molecule has 28 heavy (non-hydrogen) atoms. The lowest BCUT2D eigenvalue weighted by molar-refractivity contribution is -0.116. The van der Waals surface area contributed by atoms with Gasteiger partial charge in [0.2, 0.25) is 17.6 Å². The van der Waals surface area contributed by atoms with Crippen LogP contribution in [0, 0.1) is 0 Å². The minimum absolute atomic E-state index is 0.109. The summed E-state index contributed by atoms with van der Waals surface area (Å²) in [6, 6.07) is 14.6. The summed E-state index contributed by atoms with van der Waals surface area (Å²) < 4.78 is 16.0. The van der Waals surface area contributed by atoms with Crippen LogP contribution in [0.3, 0.4) is 0 Å². The number of ether oxygens (including phenoxy) is 2. The van der Waals surface area contributed by atoms with Crippen LogP contribution in [0.4, 0.5) is 5.69 Å². The zero-order valence-electron chi connectivity index (χ0n) is 16.1. The van der Waals surface area contributed by atoms with Gasteiger partial charge in [0.05, 0.1) is 13.2 Å². The second kappa shape index (κ2) is 9.03. The first-order chi connectivity index (χ1) is 13.5. The van der Waals surface area contributed by atoms with E-state index in [1.807, 2.05) is 62.4 Å². The van der Waals surface area contributed by atoms with E-state index in [-0.39, 0.29) is 18.4 Å². The van der Waals surface area contributed by atoms with Gasteiger partial charge in [-0.15, -0.1) is 0 Å². The first-order valence-electron chi connectivity index (χ1n) is 9.07. The Morgan fingerprint density at radius 3 is 2.39 bits per heavy atom. The van der Waals surface area contributed by atoms with Crippen molar-refractivity contribution in [3.8, 4) is 22.9 Å². The number of nitrogens with one attached hydrogen (secondary N) is 1. The zero-order valence-corrected chi connectivity index (χ0v) is 16.1. The molecule has 3 rings (SSSR count). The topological polar surface area (TPSA) is 86.5 Å². The zero-order chi connectivity index (χ0) is 19.9. The maximum atomic E-state index is 12.1. The predicted octanol–water partition coefficient (Wildman–Crippen LogP) is 4.10. The molecule has 1 amide bonds. The lowest BCUT2D eigenvalue weighted by atomic mass is 10.2. The Bertz CT molecular complexity index is 902. The smallest absolute Gasteiger partial charge is 0.227 e. The van der Waals surface area contributed by atoms with Crippen molar-refractivity contribution in [3.63, 3.8) is 0 Å². The molecule has 0 bridgehead atoms. The Labute approximate surface area is 163 Å². The average molecular weight is 381 g/mol. The lowest BCUT2D eigenvalue weighted by Crippen LogP contribution is -2.12. The summed E-state index contributed by atoms with van der Waals surface area (Å²) in [5.74, 6) is 2.31. The summed E-state index contributed by atoms with van der Waals surface area (Å²) in [6.45, 7) is 3.93. The fraction of sp³-hybridized carbons (Fsp3) is 0.286. The van der Waals surface area contributed by atoms with Crippen molar-refractivity contribution in [2.45, 2.75) is 32.8 Å². The van der Waals surface area contributed by atoms with Crippen LogP contribution >= 0.6 is 0 Å². The highest BCUT2D eigenvalue weighted by molar-refractivity contribution is 5.90. The van der Waals surface area contributed by atoms with Crippen molar-refractivity contribution in [1.29, 1.82) is 0 Å². The standard InChI is InChI=1S/C21H23N3O4/c1-14(2)27-18-10-6-16(7-11-18)22-19(25)12-13-20-23-21(24-28-20)15-4-8-17(26-3)9-5-15/h4-11,14H,12-13H2,1-3H3,(H,22,25). The van der Waals surface area contributed by atoms with Crippen LogP contribution in [-0.2, 0) is 11.2 Å². The highest BCUT2D eigenvalue weighted by Crippen LogP contribution is 2.20. The van der Waals surface area contributed by atoms with E-state index in [0.717, 1.165) is 17.1 Å². The Hall–Kier alpha value is -3.35. The summed E-state index contributed by atoms with van der Waals surface area (Å²) in [7, 11) is 1.61. The van der Waals surface area contributed by atoms with E-state index in [0.29, 0.717) is 23.8 Å². The van der Waals surface area contributed by atoms with Crippen molar-refractivity contribution in [2.24, 2.45) is 0 Å². The molecule has 0 fully saturated rings. The third kappa shape index (κ3) is 5.33. The van der Waals surface area contributed by atoms with Gasteiger partial charge in [0.25, 0.3) is 0 Å². The largest absolute Gasteiger partial charge is 0.497 e. The third-order valence-electron chi connectivity index (χ3n) is 3.89. The molecule has 0 saturated heterocycles. The maximum absolute atomic E-state index is 12.1. The summed E-state index contributed by atoms with van der Waals surface area (Å²) >= 11 is 0. The van der Waals surface area contributed by atoms with Crippen LogP contribution in [0.15, 0.2) is 53.1 Å². The monoisotopic (exact) mass is 381 g/mol. The van der Waals surface area contributed by atoms with Gasteiger partial charge in [0.15, 0.2) is 0 Å². The van der Waals surface area contributed by atoms with Crippen LogP contribution in [0.2, 0.25) is 0 Å². The first-order valence-corrected chi connectivity index (χ1v) is 9.07. The second-order valence-electron chi connectivity index (χ2n) is 6.48. The maximum Gasteiger partial charge on any atom is 0.227 e. The van der Waals surface area contributed by atoms with Gasteiger partial charge in [0.1, 0.15) is 11.5 Å². The lowest BCUT2D eigenvalue weighted by Gasteiger charge is -2.10. The Morgan fingerprint density at radius 2 is 1.75 bits per heavy atom. The van der Waals surface area contributed by atoms with Gasteiger partial charge in [-0.25, -0.2) is 0 Å². The third-order valence-corrected chi connectivity index (χ3v) is 3.89. The molecule has 1 N–H and O–H groups in total. The number of methoxy groups -OCH3 is 1. The van der Waals surface area contributed by atoms with Crippen LogP contribution < -0.4 is 14.8 Å². The minimum Gasteiger partial charge on any atom is -0.497 e. The van der Waals surface area contributed by atoms with Crippen LogP contribution in [0.25, 0.3) is 11.4 Å². The molecule has 0 aliphatic rings. The number of nitrogens with zero attached hydrogens (tertiary/aromatic N) is 2. The van der Waals surface area contributed by atoms with Gasteiger partial charge < -0.3 is 19.3 Å². The van der Waals surface area contributed by atoms with Crippen molar-refractivity contribution in [3.05, 3.63) is 54.4 Å². The SMILES string of the molecule is COc1ccc(-c2noc(CCC(=O)Nc3ccc(OC(C)C)cc3)n2)cc1. The number of anilines is 1. The number of carbonyl (C=O) groups is 1. The number of hydrogen-bond acceptors (Lipinski definition) is 6. The molecular formula is C21H23N3O4. The highest BCUT2D eigenvalue weighted by Gasteiger charge is 2.11. The summed E-state index contributed by atoms with van der Waals surface area (Å²) in [6.07, 6.45) is 0.718. The molecule has 0 atom stereocenters. The molecule has 0 saturated carbocycles. The number of hydrogen-bond donors (Lipinski definition) is 1. The van der Waals surface area contributed by atoms with Gasteiger partial charge in [-0.2, -0.15) is 4.98 Å². The molecule has 1 aromatic heterocycles.